The Morgan fingerprint density at radius 2 is 1.87 bits per heavy atom. The van der Waals surface area contributed by atoms with E-state index in [0.717, 1.165) is 25.7 Å². The molecular formula is C18H22N2O3. The molecule has 0 unspecified atom stereocenters. The molecule has 1 heterocycles. The third-order valence-corrected chi connectivity index (χ3v) is 4.65. The zero-order chi connectivity index (χ0) is 16.3. The van der Waals surface area contributed by atoms with Gasteiger partial charge in [-0.3, -0.25) is 9.59 Å². The van der Waals surface area contributed by atoms with Crippen molar-refractivity contribution in [1.29, 1.82) is 0 Å². The Bertz CT molecular complexity index is 758. The van der Waals surface area contributed by atoms with Crippen LogP contribution in [-0.4, -0.2) is 28.1 Å². The van der Waals surface area contributed by atoms with Gasteiger partial charge in [0.15, 0.2) is 0 Å². The van der Waals surface area contributed by atoms with Gasteiger partial charge in [-0.2, -0.15) is 0 Å². The molecule has 1 aliphatic rings. The predicted molar refractivity (Wildman–Crippen MR) is 89.6 cm³/mol. The van der Waals surface area contributed by atoms with E-state index in [0.29, 0.717) is 23.7 Å². The summed E-state index contributed by atoms with van der Waals surface area (Å²) in [6.07, 6.45) is 7.03. The summed E-state index contributed by atoms with van der Waals surface area (Å²) in [5.74, 6) is -0.435. The number of amides is 1. The molecule has 1 aliphatic carbocycles. The van der Waals surface area contributed by atoms with Crippen molar-refractivity contribution in [2.24, 2.45) is 0 Å². The smallest absolute Gasteiger partial charge is 0.256 e. The van der Waals surface area contributed by atoms with E-state index in [2.05, 4.69) is 10.3 Å². The molecule has 122 valence electrons. The van der Waals surface area contributed by atoms with Gasteiger partial charge < -0.3 is 15.4 Å². The Hall–Kier alpha value is -2.14. The van der Waals surface area contributed by atoms with E-state index in [-0.39, 0.29) is 17.5 Å². The summed E-state index contributed by atoms with van der Waals surface area (Å²) in [5.41, 5.74) is -0.349. The second-order valence-corrected chi connectivity index (χ2v) is 6.40. The minimum absolute atomic E-state index is 0.0842. The number of H-pyrrole nitrogens is 1. The highest BCUT2D eigenvalue weighted by Crippen LogP contribution is 2.26. The number of aromatic nitrogens is 1. The first-order valence-corrected chi connectivity index (χ1v) is 8.20. The van der Waals surface area contributed by atoms with E-state index in [1.54, 1.807) is 18.2 Å². The number of aromatic amines is 1. The number of aliphatic hydroxyl groups is 1. The molecule has 5 nitrogen and oxygen atoms in total. The molecule has 0 atom stereocenters. The van der Waals surface area contributed by atoms with Crippen LogP contribution in [0.1, 0.15) is 48.9 Å². The molecule has 0 saturated heterocycles. The molecule has 3 rings (SSSR count). The van der Waals surface area contributed by atoms with Crippen molar-refractivity contribution >= 4 is 16.8 Å². The average Bonchev–Trinajstić information content (AvgIpc) is 2.78. The number of hydrogen-bond acceptors (Lipinski definition) is 3. The number of para-hydroxylation sites is 1. The summed E-state index contributed by atoms with van der Waals surface area (Å²) in [6.45, 7) is 0.193. The molecule has 0 aliphatic heterocycles. The molecule has 0 radical (unpaired) electrons. The van der Waals surface area contributed by atoms with Crippen molar-refractivity contribution in [2.45, 2.75) is 44.1 Å². The fraction of sp³-hybridized carbons (Fsp3) is 0.444. The highest BCUT2D eigenvalue weighted by Gasteiger charge is 2.28. The third-order valence-electron chi connectivity index (χ3n) is 4.65. The number of carbonyl (C=O) groups excluding carboxylic acids is 1. The number of pyridine rings is 1. The number of carbonyl (C=O) groups is 1. The molecule has 23 heavy (non-hydrogen) atoms. The number of fused-ring (bicyclic) bond motifs is 1. The van der Waals surface area contributed by atoms with Crippen LogP contribution in [0.4, 0.5) is 0 Å². The van der Waals surface area contributed by atoms with Crippen LogP contribution in [0.2, 0.25) is 0 Å². The average molecular weight is 314 g/mol. The number of nitrogens with one attached hydrogen (secondary N) is 2. The van der Waals surface area contributed by atoms with Crippen molar-refractivity contribution in [1.82, 2.24) is 10.3 Å². The Morgan fingerprint density at radius 3 is 2.61 bits per heavy atom. The standard InChI is InChI=1S/C18H22N2O3/c21-16-13-7-3-4-8-15(13)19-11-14(16)17(22)20-12-18(23)9-5-1-2-6-10-18/h3-4,7-8,11,23H,1-2,5-6,9-10,12H2,(H,19,21)(H,20,22). The van der Waals surface area contributed by atoms with Crippen molar-refractivity contribution in [3.05, 3.63) is 46.2 Å². The lowest BCUT2D eigenvalue weighted by atomic mass is 9.94. The minimum Gasteiger partial charge on any atom is -0.388 e. The topological polar surface area (TPSA) is 82.2 Å². The maximum Gasteiger partial charge on any atom is 0.256 e. The van der Waals surface area contributed by atoms with Crippen molar-refractivity contribution in [3.63, 3.8) is 0 Å². The van der Waals surface area contributed by atoms with Crippen LogP contribution < -0.4 is 10.7 Å². The zero-order valence-corrected chi connectivity index (χ0v) is 13.1. The molecular weight excluding hydrogens is 292 g/mol. The first-order chi connectivity index (χ1) is 11.1. The highest BCUT2D eigenvalue weighted by atomic mass is 16.3. The Morgan fingerprint density at radius 1 is 1.17 bits per heavy atom. The van der Waals surface area contributed by atoms with Crippen molar-refractivity contribution < 1.29 is 9.90 Å². The van der Waals surface area contributed by atoms with Gasteiger partial charge in [-0.25, -0.2) is 0 Å². The first-order valence-electron chi connectivity index (χ1n) is 8.20. The molecule has 1 amide bonds. The lowest BCUT2D eigenvalue weighted by molar-refractivity contribution is 0.0246. The first kappa shape index (κ1) is 15.7. The molecule has 0 spiro atoms. The number of hydrogen-bond donors (Lipinski definition) is 3. The van der Waals surface area contributed by atoms with Gasteiger partial charge in [-0.05, 0) is 25.0 Å². The Balaban J connectivity index is 1.76. The lowest BCUT2D eigenvalue weighted by Crippen LogP contribution is -2.43. The number of rotatable bonds is 3. The van der Waals surface area contributed by atoms with Crippen molar-refractivity contribution in [2.75, 3.05) is 6.54 Å². The number of benzene rings is 1. The van der Waals surface area contributed by atoms with Gasteiger partial charge in [0, 0.05) is 23.6 Å². The SMILES string of the molecule is O=C(NCC1(O)CCCCCC1)c1c[nH]c2ccccc2c1=O. The molecule has 2 aromatic rings. The molecule has 1 aromatic heterocycles. The van der Waals surface area contributed by atoms with E-state index in [1.165, 1.54) is 6.20 Å². The van der Waals surface area contributed by atoms with E-state index >= 15 is 0 Å². The quantitative estimate of drug-likeness (QED) is 0.761. The van der Waals surface area contributed by atoms with Crippen LogP contribution in [0.25, 0.3) is 10.9 Å². The minimum atomic E-state index is -0.851. The van der Waals surface area contributed by atoms with Crippen LogP contribution in [0.5, 0.6) is 0 Å². The molecule has 1 aromatic carbocycles. The van der Waals surface area contributed by atoms with E-state index in [1.807, 2.05) is 6.07 Å². The summed E-state index contributed by atoms with van der Waals surface area (Å²) in [5, 5.41) is 13.8. The van der Waals surface area contributed by atoms with E-state index < -0.39 is 11.5 Å². The molecule has 0 bridgehead atoms. The van der Waals surface area contributed by atoms with E-state index in [9.17, 15) is 14.7 Å². The second-order valence-electron chi connectivity index (χ2n) is 6.40. The summed E-state index contributed by atoms with van der Waals surface area (Å²) >= 11 is 0. The molecule has 1 saturated carbocycles. The largest absolute Gasteiger partial charge is 0.388 e. The normalized spacial score (nSPS) is 17.6. The molecule has 3 N–H and O–H groups in total. The second kappa shape index (κ2) is 6.54. The zero-order valence-electron chi connectivity index (χ0n) is 13.1. The van der Waals surface area contributed by atoms with Gasteiger partial charge in [0.05, 0.1) is 5.60 Å². The Labute approximate surface area is 134 Å². The highest BCUT2D eigenvalue weighted by molar-refractivity contribution is 5.97. The summed E-state index contributed by atoms with van der Waals surface area (Å²) in [6, 6.07) is 7.10. The van der Waals surface area contributed by atoms with Crippen LogP contribution in [0.15, 0.2) is 35.3 Å². The summed E-state index contributed by atoms with van der Waals surface area (Å²) in [7, 11) is 0. The van der Waals surface area contributed by atoms with Gasteiger partial charge in [0.2, 0.25) is 5.43 Å². The third kappa shape index (κ3) is 3.45. The van der Waals surface area contributed by atoms with Gasteiger partial charge in [0.25, 0.3) is 5.91 Å². The lowest BCUT2D eigenvalue weighted by Gasteiger charge is -2.26. The summed E-state index contributed by atoms with van der Waals surface area (Å²) in [4.78, 5) is 27.7. The van der Waals surface area contributed by atoms with Gasteiger partial charge in [-0.15, -0.1) is 0 Å². The van der Waals surface area contributed by atoms with Crippen molar-refractivity contribution in [3.8, 4) is 0 Å². The van der Waals surface area contributed by atoms with Gasteiger partial charge in [0.1, 0.15) is 5.56 Å². The molecule has 1 fully saturated rings. The fourth-order valence-corrected chi connectivity index (χ4v) is 3.24. The van der Waals surface area contributed by atoms with Crippen LogP contribution in [0.3, 0.4) is 0 Å². The maximum absolute atomic E-state index is 12.4. The predicted octanol–water partition coefficient (Wildman–Crippen LogP) is 2.34. The Kier molecular flexibility index (Phi) is 4.48. The van der Waals surface area contributed by atoms with Crippen LogP contribution in [0, 0.1) is 0 Å². The van der Waals surface area contributed by atoms with E-state index in [4.69, 9.17) is 0 Å². The van der Waals surface area contributed by atoms with Crippen LogP contribution in [-0.2, 0) is 0 Å². The maximum atomic E-state index is 12.4. The van der Waals surface area contributed by atoms with Gasteiger partial charge in [-0.1, -0.05) is 37.8 Å². The molecule has 5 heteroatoms. The summed E-state index contributed by atoms with van der Waals surface area (Å²) < 4.78 is 0. The van der Waals surface area contributed by atoms with Crippen LogP contribution >= 0.6 is 0 Å². The monoisotopic (exact) mass is 314 g/mol. The van der Waals surface area contributed by atoms with Gasteiger partial charge >= 0.3 is 0 Å². The fourth-order valence-electron chi connectivity index (χ4n) is 3.24.